The number of nitrogens with one attached hydrogen (secondary N) is 1. The highest BCUT2D eigenvalue weighted by Gasteiger charge is 2.27. The smallest absolute Gasteiger partial charge is 0.232 e. The van der Waals surface area contributed by atoms with Gasteiger partial charge >= 0.3 is 0 Å². The molecule has 0 aliphatic carbocycles. The van der Waals surface area contributed by atoms with E-state index in [4.69, 9.17) is 11.6 Å². The summed E-state index contributed by atoms with van der Waals surface area (Å²) in [5.74, 6) is 0.926. The summed E-state index contributed by atoms with van der Waals surface area (Å²) < 4.78 is 0. The summed E-state index contributed by atoms with van der Waals surface area (Å²) >= 11 is 7.73. The predicted octanol–water partition coefficient (Wildman–Crippen LogP) is 3.59. The molecule has 0 saturated heterocycles. The third kappa shape index (κ3) is 5.89. The molecule has 0 fully saturated rings. The number of aliphatic hydroxyl groups is 1. The first-order valence-electron chi connectivity index (χ1n) is 7.25. The SMILES string of the molecule is CCCCSC(C)C(=O)NCC(C)(O)c1ccccc1Cl. The molecule has 0 bridgehead atoms. The van der Waals surface area contributed by atoms with Crippen molar-refractivity contribution in [3.05, 3.63) is 34.9 Å². The second-order valence-corrected chi connectivity index (χ2v) is 7.19. The normalized spacial score (nSPS) is 15.3. The monoisotopic (exact) mass is 329 g/mol. The van der Waals surface area contributed by atoms with E-state index in [-0.39, 0.29) is 17.7 Å². The largest absolute Gasteiger partial charge is 0.384 e. The minimum Gasteiger partial charge on any atom is -0.384 e. The van der Waals surface area contributed by atoms with Crippen molar-refractivity contribution in [1.29, 1.82) is 0 Å². The number of thioether (sulfide) groups is 1. The van der Waals surface area contributed by atoms with Gasteiger partial charge in [-0.05, 0) is 32.1 Å². The molecular formula is C16H24ClNO2S. The number of carbonyl (C=O) groups excluding carboxylic acids is 1. The Balaban J connectivity index is 2.53. The van der Waals surface area contributed by atoms with E-state index >= 15 is 0 Å². The van der Waals surface area contributed by atoms with Crippen molar-refractivity contribution in [2.45, 2.75) is 44.5 Å². The lowest BCUT2D eigenvalue weighted by Gasteiger charge is -2.26. The molecule has 2 N–H and O–H groups in total. The Labute approximate surface area is 136 Å². The van der Waals surface area contributed by atoms with Crippen LogP contribution < -0.4 is 5.32 Å². The molecule has 1 rings (SSSR count). The maximum Gasteiger partial charge on any atom is 0.232 e. The summed E-state index contributed by atoms with van der Waals surface area (Å²) in [4.78, 5) is 12.0. The highest BCUT2D eigenvalue weighted by Crippen LogP contribution is 2.27. The number of rotatable bonds is 8. The molecule has 2 unspecified atom stereocenters. The zero-order chi connectivity index (χ0) is 15.9. The minimum atomic E-state index is -1.18. The second-order valence-electron chi connectivity index (χ2n) is 5.34. The lowest BCUT2D eigenvalue weighted by molar-refractivity contribution is -0.121. The molecule has 0 aliphatic heterocycles. The van der Waals surface area contributed by atoms with Crippen LogP contribution in [0.15, 0.2) is 24.3 Å². The van der Waals surface area contributed by atoms with Crippen LogP contribution in [0.3, 0.4) is 0 Å². The van der Waals surface area contributed by atoms with Crippen LogP contribution in [0.4, 0.5) is 0 Å². The number of unbranched alkanes of at least 4 members (excludes halogenated alkanes) is 1. The standard InChI is InChI=1S/C16H24ClNO2S/c1-4-5-10-21-12(2)15(19)18-11-16(3,20)13-8-6-7-9-14(13)17/h6-9,12,20H,4-5,10-11H2,1-3H3,(H,18,19). The lowest BCUT2D eigenvalue weighted by Crippen LogP contribution is -2.41. The van der Waals surface area contributed by atoms with Gasteiger partial charge in [-0.1, -0.05) is 43.1 Å². The van der Waals surface area contributed by atoms with Crippen molar-refractivity contribution in [3.8, 4) is 0 Å². The minimum absolute atomic E-state index is 0.0524. The third-order valence-corrected chi connectivity index (χ3v) is 4.86. The second kappa shape index (κ2) is 8.66. The average molecular weight is 330 g/mol. The van der Waals surface area contributed by atoms with Gasteiger partial charge < -0.3 is 10.4 Å². The van der Waals surface area contributed by atoms with Crippen molar-refractivity contribution in [1.82, 2.24) is 5.32 Å². The Bertz CT molecular complexity index is 465. The van der Waals surface area contributed by atoms with Gasteiger partial charge in [0.15, 0.2) is 0 Å². The summed E-state index contributed by atoms with van der Waals surface area (Å²) in [6.07, 6.45) is 2.24. The predicted molar refractivity (Wildman–Crippen MR) is 90.9 cm³/mol. The van der Waals surface area contributed by atoms with Crippen LogP contribution in [-0.2, 0) is 10.4 Å². The van der Waals surface area contributed by atoms with Crippen LogP contribution in [0.5, 0.6) is 0 Å². The van der Waals surface area contributed by atoms with Gasteiger partial charge in [0.25, 0.3) is 0 Å². The van der Waals surface area contributed by atoms with E-state index in [0.29, 0.717) is 10.6 Å². The first-order valence-corrected chi connectivity index (χ1v) is 8.68. The number of hydrogen-bond donors (Lipinski definition) is 2. The Morgan fingerprint density at radius 3 is 2.76 bits per heavy atom. The first kappa shape index (κ1) is 18.3. The Hall–Kier alpha value is -0.710. The van der Waals surface area contributed by atoms with Crippen molar-refractivity contribution in [2.24, 2.45) is 0 Å². The van der Waals surface area contributed by atoms with Gasteiger partial charge in [0.1, 0.15) is 5.60 Å². The van der Waals surface area contributed by atoms with Crippen molar-refractivity contribution < 1.29 is 9.90 Å². The Kier molecular flexibility index (Phi) is 7.57. The average Bonchev–Trinajstić information content (AvgIpc) is 2.45. The highest BCUT2D eigenvalue weighted by atomic mass is 35.5. The van der Waals surface area contributed by atoms with Crippen LogP contribution in [0, 0.1) is 0 Å². The summed E-state index contributed by atoms with van der Waals surface area (Å²) in [6.45, 7) is 5.82. The van der Waals surface area contributed by atoms with Crippen LogP contribution in [0.25, 0.3) is 0 Å². The molecular weight excluding hydrogens is 306 g/mol. The Morgan fingerprint density at radius 2 is 2.14 bits per heavy atom. The van der Waals surface area contributed by atoms with Gasteiger partial charge in [0.2, 0.25) is 5.91 Å². The molecule has 0 aromatic heterocycles. The molecule has 1 amide bonds. The quantitative estimate of drug-likeness (QED) is 0.717. The molecule has 0 saturated carbocycles. The van der Waals surface area contributed by atoms with Crippen molar-refractivity contribution in [3.63, 3.8) is 0 Å². The fourth-order valence-electron chi connectivity index (χ4n) is 1.88. The lowest BCUT2D eigenvalue weighted by atomic mass is 9.96. The van der Waals surface area contributed by atoms with E-state index in [1.54, 1.807) is 30.8 Å². The number of carbonyl (C=O) groups is 1. The molecule has 0 heterocycles. The first-order chi connectivity index (χ1) is 9.88. The van der Waals surface area contributed by atoms with Gasteiger partial charge in [-0.15, -0.1) is 11.8 Å². The fraction of sp³-hybridized carbons (Fsp3) is 0.562. The van der Waals surface area contributed by atoms with Crippen LogP contribution in [0.1, 0.15) is 39.2 Å². The fourth-order valence-corrected chi connectivity index (χ4v) is 3.26. The van der Waals surface area contributed by atoms with E-state index in [2.05, 4.69) is 12.2 Å². The molecule has 5 heteroatoms. The molecule has 0 spiro atoms. The van der Waals surface area contributed by atoms with Gasteiger partial charge in [-0.25, -0.2) is 0 Å². The zero-order valence-electron chi connectivity index (χ0n) is 12.9. The molecule has 118 valence electrons. The summed E-state index contributed by atoms with van der Waals surface area (Å²) in [5.41, 5.74) is -0.555. The van der Waals surface area contributed by atoms with E-state index in [1.165, 1.54) is 0 Å². The van der Waals surface area contributed by atoms with Crippen molar-refractivity contribution in [2.75, 3.05) is 12.3 Å². The summed E-state index contributed by atoms with van der Waals surface area (Å²) in [6, 6.07) is 7.14. The Morgan fingerprint density at radius 1 is 1.48 bits per heavy atom. The van der Waals surface area contributed by atoms with Crippen molar-refractivity contribution >= 4 is 29.3 Å². The van der Waals surface area contributed by atoms with Crippen LogP contribution in [0.2, 0.25) is 5.02 Å². The molecule has 0 radical (unpaired) electrons. The van der Waals surface area contributed by atoms with Crippen LogP contribution >= 0.6 is 23.4 Å². The number of benzene rings is 1. The molecule has 3 nitrogen and oxygen atoms in total. The highest BCUT2D eigenvalue weighted by molar-refractivity contribution is 8.00. The summed E-state index contributed by atoms with van der Waals surface area (Å²) in [5, 5.41) is 13.7. The van der Waals surface area contributed by atoms with Gasteiger partial charge in [0, 0.05) is 10.6 Å². The summed E-state index contributed by atoms with van der Waals surface area (Å²) in [7, 11) is 0. The van der Waals surface area contributed by atoms with Crippen LogP contribution in [-0.4, -0.2) is 28.6 Å². The van der Waals surface area contributed by atoms with E-state index in [0.717, 1.165) is 18.6 Å². The molecule has 0 aliphatic rings. The number of halogens is 1. The third-order valence-electron chi connectivity index (χ3n) is 3.30. The molecule has 1 aromatic carbocycles. The topological polar surface area (TPSA) is 49.3 Å². The maximum absolute atomic E-state index is 12.0. The van der Waals surface area contributed by atoms with E-state index < -0.39 is 5.60 Å². The number of hydrogen-bond acceptors (Lipinski definition) is 3. The van der Waals surface area contributed by atoms with Gasteiger partial charge in [-0.3, -0.25) is 4.79 Å². The van der Waals surface area contributed by atoms with E-state index in [1.807, 2.05) is 19.1 Å². The van der Waals surface area contributed by atoms with E-state index in [9.17, 15) is 9.90 Å². The molecule has 2 atom stereocenters. The zero-order valence-corrected chi connectivity index (χ0v) is 14.4. The number of amides is 1. The molecule has 21 heavy (non-hydrogen) atoms. The van der Waals surface area contributed by atoms with Gasteiger partial charge in [-0.2, -0.15) is 0 Å². The van der Waals surface area contributed by atoms with Gasteiger partial charge in [0.05, 0.1) is 11.8 Å². The molecule has 1 aromatic rings. The maximum atomic E-state index is 12.0.